The molecule has 2 heterocycles. The number of aromatic nitrogens is 2. The number of amides is 2. The number of rotatable bonds is 16. The molecular formula is C31H46N4O6S2. The molecule has 1 aliphatic rings. The summed E-state index contributed by atoms with van der Waals surface area (Å²) in [7, 11) is 3.16. The number of hydrogen-bond acceptors (Lipinski definition) is 10. The molecule has 43 heavy (non-hydrogen) atoms. The van der Waals surface area contributed by atoms with E-state index in [9.17, 15) is 19.2 Å². The van der Waals surface area contributed by atoms with Gasteiger partial charge in [-0.2, -0.15) is 0 Å². The fraction of sp³-hybridized carbons (Fsp3) is 0.677. The topological polar surface area (TPSA) is 128 Å². The molecule has 238 valence electrons. The van der Waals surface area contributed by atoms with Gasteiger partial charge < -0.3 is 19.7 Å². The van der Waals surface area contributed by atoms with E-state index < -0.39 is 18.0 Å². The molecule has 0 saturated heterocycles. The van der Waals surface area contributed by atoms with Crippen molar-refractivity contribution < 1.29 is 28.7 Å². The molecule has 1 N–H and O–H groups in total. The lowest BCUT2D eigenvalue weighted by Crippen LogP contribution is -2.42. The third-order valence-corrected chi connectivity index (χ3v) is 9.97. The number of aryl methyl sites for hydroxylation is 1. The van der Waals surface area contributed by atoms with Crippen LogP contribution < -0.4 is 5.32 Å². The molecule has 0 radical (unpaired) electrons. The lowest BCUT2D eigenvalue weighted by Gasteiger charge is -2.34. The zero-order valence-electron chi connectivity index (χ0n) is 26.5. The summed E-state index contributed by atoms with van der Waals surface area (Å²) in [5.41, 5.74) is 1.10. The predicted molar refractivity (Wildman–Crippen MR) is 167 cm³/mol. The summed E-state index contributed by atoms with van der Waals surface area (Å²) in [6, 6.07) is -0.556. The molecule has 0 bridgehead atoms. The molecular weight excluding hydrogens is 588 g/mol. The summed E-state index contributed by atoms with van der Waals surface area (Å²) in [4.78, 5) is 61.6. The fourth-order valence-electron chi connectivity index (χ4n) is 5.36. The predicted octanol–water partition coefficient (Wildman–Crippen LogP) is 5.36. The average Bonchev–Trinajstić information content (AvgIpc) is 3.54. The lowest BCUT2D eigenvalue weighted by molar-refractivity contribution is -0.148. The van der Waals surface area contributed by atoms with Gasteiger partial charge in [0.15, 0.2) is 6.10 Å². The Morgan fingerprint density at radius 3 is 2.33 bits per heavy atom. The van der Waals surface area contributed by atoms with Crippen molar-refractivity contribution in [2.75, 3.05) is 14.2 Å². The Balaban J connectivity index is 1.75. The van der Waals surface area contributed by atoms with Gasteiger partial charge in [0.2, 0.25) is 5.91 Å². The van der Waals surface area contributed by atoms with Crippen LogP contribution in [0, 0.1) is 30.6 Å². The van der Waals surface area contributed by atoms with Gasteiger partial charge in [-0.05, 0) is 43.9 Å². The van der Waals surface area contributed by atoms with Gasteiger partial charge in [-0.1, -0.05) is 27.7 Å². The van der Waals surface area contributed by atoms with Gasteiger partial charge in [0.25, 0.3) is 5.91 Å². The minimum Gasteiger partial charge on any atom is -0.469 e. The smallest absolute Gasteiger partial charge is 0.308 e. The van der Waals surface area contributed by atoms with E-state index in [-0.39, 0.29) is 41.5 Å². The van der Waals surface area contributed by atoms with Crippen LogP contribution in [0.15, 0.2) is 10.8 Å². The Morgan fingerprint density at radius 1 is 1.07 bits per heavy atom. The van der Waals surface area contributed by atoms with E-state index in [0.717, 1.165) is 10.7 Å². The van der Waals surface area contributed by atoms with Gasteiger partial charge in [0, 0.05) is 61.8 Å². The van der Waals surface area contributed by atoms with Crippen molar-refractivity contribution in [1.29, 1.82) is 0 Å². The van der Waals surface area contributed by atoms with E-state index in [2.05, 4.69) is 22.2 Å². The molecule has 10 nitrogen and oxygen atoms in total. The van der Waals surface area contributed by atoms with Crippen molar-refractivity contribution in [1.82, 2.24) is 20.2 Å². The Morgan fingerprint density at radius 2 is 1.77 bits per heavy atom. The molecule has 0 aliphatic heterocycles. The van der Waals surface area contributed by atoms with Crippen LogP contribution in [0.3, 0.4) is 0 Å². The van der Waals surface area contributed by atoms with Gasteiger partial charge in [0.05, 0.1) is 18.0 Å². The lowest BCUT2D eigenvalue weighted by atomic mass is 9.94. The van der Waals surface area contributed by atoms with Crippen LogP contribution in [0.5, 0.6) is 0 Å². The van der Waals surface area contributed by atoms with Crippen LogP contribution in [0.2, 0.25) is 0 Å². The number of nitrogens with one attached hydrogen (secondary N) is 1. The molecule has 5 atom stereocenters. The first-order valence-corrected chi connectivity index (χ1v) is 16.7. The molecule has 0 aromatic carbocycles. The summed E-state index contributed by atoms with van der Waals surface area (Å²) in [5, 5.41) is 7.97. The van der Waals surface area contributed by atoms with E-state index in [1.807, 2.05) is 33.2 Å². The summed E-state index contributed by atoms with van der Waals surface area (Å²) in [6.45, 7) is 11.2. The second-order valence-corrected chi connectivity index (χ2v) is 14.0. The molecule has 2 aromatic heterocycles. The van der Waals surface area contributed by atoms with E-state index in [4.69, 9.17) is 9.47 Å². The molecule has 2 amide bonds. The minimum absolute atomic E-state index is 0.0847. The number of carbonyl (C=O) groups excluding carboxylic acids is 4. The average molecular weight is 635 g/mol. The van der Waals surface area contributed by atoms with Gasteiger partial charge in [-0.3, -0.25) is 19.2 Å². The number of esters is 2. The number of hydrogen-bond donors (Lipinski definition) is 1. The van der Waals surface area contributed by atoms with E-state index in [1.54, 1.807) is 17.2 Å². The van der Waals surface area contributed by atoms with Crippen molar-refractivity contribution in [3.63, 3.8) is 0 Å². The highest BCUT2D eigenvalue weighted by Gasteiger charge is 2.34. The van der Waals surface area contributed by atoms with Gasteiger partial charge in [-0.25, -0.2) is 9.97 Å². The maximum Gasteiger partial charge on any atom is 0.308 e. The second-order valence-electron chi connectivity index (χ2n) is 12.2. The molecule has 12 heteroatoms. The van der Waals surface area contributed by atoms with E-state index >= 15 is 0 Å². The molecule has 3 rings (SSSR count). The van der Waals surface area contributed by atoms with Crippen molar-refractivity contribution >= 4 is 46.4 Å². The monoisotopic (exact) mass is 634 g/mol. The maximum absolute atomic E-state index is 13.4. The summed E-state index contributed by atoms with van der Waals surface area (Å²) >= 11 is 2.75. The molecule has 1 aliphatic carbocycles. The molecule has 1 fully saturated rings. The number of carbonyl (C=O) groups is 4. The number of ether oxygens (including phenoxy) is 2. The Labute approximate surface area is 263 Å². The van der Waals surface area contributed by atoms with Gasteiger partial charge in [0.1, 0.15) is 10.7 Å². The zero-order chi connectivity index (χ0) is 31.8. The highest BCUT2D eigenvalue weighted by molar-refractivity contribution is 7.10. The number of methoxy groups -OCH3 is 1. The Kier molecular flexibility index (Phi) is 12.7. The summed E-state index contributed by atoms with van der Waals surface area (Å²) in [5.74, 6) is -0.430. The molecule has 2 aromatic rings. The number of nitrogens with zero attached hydrogens (tertiary/aromatic N) is 3. The minimum atomic E-state index is -0.707. The van der Waals surface area contributed by atoms with Gasteiger partial charge >= 0.3 is 11.9 Å². The molecule has 1 saturated carbocycles. The van der Waals surface area contributed by atoms with Crippen molar-refractivity contribution in [2.45, 2.75) is 98.3 Å². The third kappa shape index (κ3) is 10.4. The van der Waals surface area contributed by atoms with Crippen LogP contribution in [-0.4, -0.2) is 64.9 Å². The van der Waals surface area contributed by atoms with E-state index in [1.165, 1.54) is 49.5 Å². The van der Waals surface area contributed by atoms with Crippen molar-refractivity contribution in [3.05, 3.63) is 32.2 Å². The van der Waals surface area contributed by atoms with Gasteiger partial charge in [-0.15, -0.1) is 22.7 Å². The summed E-state index contributed by atoms with van der Waals surface area (Å²) < 4.78 is 10.6. The first-order chi connectivity index (χ1) is 20.3. The van der Waals surface area contributed by atoms with Crippen LogP contribution in [0.4, 0.5) is 0 Å². The third-order valence-electron chi connectivity index (χ3n) is 8.04. The fourth-order valence-corrected chi connectivity index (χ4v) is 7.05. The quantitative estimate of drug-likeness (QED) is 0.245. The first kappa shape index (κ1) is 34.6. The molecule has 0 spiro atoms. The largest absolute Gasteiger partial charge is 0.469 e. The molecule has 1 unspecified atom stereocenters. The standard InChI is InChI=1S/C31H46N4O6S2/c1-17(2)25(35(7)28(37)12-18(3)22-9-10-22)14-26(41-21(6)36)30-34-24(16-43-30)29(38)33-23(11-19(4)31(39)40-8)13-27-32-20(5)15-42-27/h15-19,22-23,25-26H,9-14H2,1-8H3,(H,33,38)/t18-,19+,23-,25?,26-/m1/s1. The SMILES string of the molecule is COC(=O)[C@@H](C)C[C@H](Cc1nc(C)cs1)NC(=O)c1csc([C@@H](CC(C(C)C)N(C)C(=O)C[C@@H](C)C2CC2)OC(C)=O)n1. The highest BCUT2D eigenvalue weighted by atomic mass is 32.1. The van der Waals surface area contributed by atoms with Crippen LogP contribution in [0.1, 0.15) is 99.0 Å². The van der Waals surface area contributed by atoms with Crippen molar-refractivity contribution in [2.24, 2.45) is 23.7 Å². The number of thiazole rings is 2. The zero-order valence-corrected chi connectivity index (χ0v) is 28.2. The van der Waals surface area contributed by atoms with Crippen molar-refractivity contribution in [3.8, 4) is 0 Å². The van der Waals surface area contributed by atoms with Crippen LogP contribution >= 0.6 is 22.7 Å². The highest BCUT2D eigenvalue weighted by Crippen LogP contribution is 2.39. The first-order valence-electron chi connectivity index (χ1n) is 15.0. The normalized spacial score (nSPS) is 16.6. The maximum atomic E-state index is 13.4. The summed E-state index contributed by atoms with van der Waals surface area (Å²) in [6.07, 6.45) is 3.39. The van der Waals surface area contributed by atoms with Crippen LogP contribution in [-0.2, 0) is 30.3 Å². The van der Waals surface area contributed by atoms with E-state index in [0.29, 0.717) is 42.5 Å². The second kappa shape index (κ2) is 15.7. The Hall–Kier alpha value is -2.86. The Bertz CT molecular complexity index is 1260. The van der Waals surface area contributed by atoms with Crippen LogP contribution in [0.25, 0.3) is 0 Å².